The van der Waals surface area contributed by atoms with Gasteiger partial charge in [-0.15, -0.1) is 0 Å². The molecule has 0 saturated carbocycles. The van der Waals surface area contributed by atoms with Gasteiger partial charge in [0.1, 0.15) is 0 Å². The second-order valence-electron chi connectivity index (χ2n) is 9.00. The molecule has 0 unspecified atom stereocenters. The molecule has 1 heterocycles. The Kier molecular flexibility index (Phi) is 8.32. The summed E-state index contributed by atoms with van der Waals surface area (Å²) >= 11 is 1.62. The fourth-order valence-electron chi connectivity index (χ4n) is 4.52. The molecule has 0 aliphatic rings. The van der Waals surface area contributed by atoms with Gasteiger partial charge in [0.2, 0.25) is 5.91 Å². The van der Waals surface area contributed by atoms with Gasteiger partial charge in [-0.1, -0.05) is 91.9 Å². The van der Waals surface area contributed by atoms with Crippen molar-refractivity contribution in [1.29, 1.82) is 0 Å². The highest BCUT2D eigenvalue weighted by atomic mass is 32.1. The van der Waals surface area contributed by atoms with Crippen molar-refractivity contribution in [1.82, 2.24) is 9.88 Å². The van der Waals surface area contributed by atoms with Gasteiger partial charge >= 0.3 is 0 Å². The van der Waals surface area contributed by atoms with Gasteiger partial charge in [0.05, 0.1) is 10.2 Å². The van der Waals surface area contributed by atoms with Crippen molar-refractivity contribution in [2.75, 3.05) is 31.1 Å². The summed E-state index contributed by atoms with van der Waals surface area (Å²) < 4.78 is 1.13. The van der Waals surface area contributed by atoms with Gasteiger partial charge in [0.25, 0.3) is 0 Å². The molecule has 3 aromatic carbocycles. The lowest BCUT2D eigenvalue weighted by molar-refractivity contribution is -0.118. The number of aryl methyl sites for hydroxylation is 2. The van der Waals surface area contributed by atoms with Crippen LogP contribution in [0.2, 0.25) is 0 Å². The highest BCUT2D eigenvalue weighted by Crippen LogP contribution is 2.34. The monoisotopic (exact) mass is 485 g/mol. The average Bonchev–Trinajstić information content (AvgIpc) is 3.33. The Balaban J connectivity index is 1.69. The molecule has 182 valence electrons. The minimum Gasteiger partial charge on any atom is -0.302 e. The van der Waals surface area contributed by atoms with Crippen molar-refractivity contribution < 1.29 is 4.79 Å². The number of anilines is 1. The Hall–Kier alpha value is -3.02. The molecule has 0 N–H and O–H groups in total. The quantitative estimate of drug-likeness (QED) is 0.248. The molecule has 1 amide bonds. The van der Waals surface area contributed by atoms with Crippen LogP contribution in [0.25, 0.3) is 10.2 Å². The second-order valence-corrected chi connectivity index (χ2v) is 10.0. The first-order valence-corrected chi connectivity index (χ1v) is 13.3. The number of nitrogens with zero attached hydrogens (tertiary/aromatic N) is 3. The summed E-state index contributed by atoms with van der Waals surface area (Å²) in [5, 5.41) is 0.797. The van der Waals surface area contributed by atoms with Gasteiger partial charge in [-0.3, -0.25) is 9.69 Å². The van der Waals surface area contributed by atoms with Crippen LogP contribution in [-0.2, 0) is 4.79 Å². The van der Waals surface area contributed by atoms with Gasteiger partial charge in [0.15, 0.2) is 5.13 Å². The lowest BCUT2D eigenvalue weighted by Crippen LogP contribution is -2.39. The molecule has 4 rings (SSSR count). The van der Waals surface area contributed by atoms with Crippen LogP contribution in [0.1, 0.15) is 48.4 Å². The normalized spacial score (nSPS) is 11.5. The van der Waals surface area contributed by atoms with E-state index in [1.807, 2.05) is 41.3 Å². The lowest BCUT2D eigenvalue weighted by atomic mass is 9.88. The summed E-state index contributed by atoms with van der Waals surface area (Å²) in [5.74, 6) is 0.113. The molecule has 4 nitrogen and oxygen atoms in total. The first-order chi connectivity index (χ1) is 17.0. The SMILES string of the molecule is CCN(CC)CCN(C(=O)CC(c1ccccc1)c1ccccc1)c1nc2c(C)c(C)ccc2s1. The molecule has 4 aromatic rings. The van der Waals surface area contributed by atoms with E-state index in [0.29, 0.717) is 13.0 Å². The maximum atomic E-state index is 14.0. The molecule has 0 radical (unpaired) electrons. The topological polar surface area (TPSA) is 36.4 Å². The molecule has 5 heteroatoms. The number of benzene rings is 3. The summed E-state index contributed by atoms with van der Waals surface area (Å²) in [4.78, 5) is 23.3. The smallest absolute Gasteiger partial charge is 0.229 e. The van der Waals surface area contributed by atoms with Crippen molar-refractivity contribution in [3.05, 3.63) is 95.1 Å². The molecule has 0 aliphatic carbocycles. The first kappa shape index (κ1) is 25.1. The Morgan fingerprint density at radius 2 is 1.46 bits per heavy atom. The Bertz CT molecular complexity index is 1210. The highest BCUT2D eigenvalue weighted by Gasteiger charge is 2.26. The minimum atomic E-state index is -0.000729. The van der Waals surface area contributed by atoms with E-state index in [4.69, 9.17) is 4.98 Å². The van der Waals surface area contributed by atoms with Crippen molar-refractivity contribution in [2.45, 2.75) is 40.0 Å². The number of amides is 1. The van der Waals surface area contributed by atoms with E-state index >= 15 is 0 Å². The van der Waals surface area contributed by atoms with Crippen LogP contribution >= 0.6 is 11.3 Å². The van der Waals surface area contributed by atoms with Crippen LogP contribution in [0.5, 0.6) is 0 Å². The second kappa shape index (κ2) is 11.6. The van der Waals surface area contributed by atoms with Crippen LogP contribution in [0.4, 0.5) is 5.13 Å². The number of fused-ring (bicyclic) bond motifs is 1. The average molecular weight is 486 g/mol. The summed E-state index contributed by atoms with van der Waals surface area (Å²) in [7, 11) is 0. The number of hydrogen-bond donors (Lipinski definition) is 0. The van der Waals surface area contributed by atoms with E-state index in [9.17, 15) is 4.79 Å². The third kappa shape index (κ3) is 5.80. The Morgan fingerprint density at radius 3 is 2.03 bits per heavy atom. The summed E-state index contributed by atoms with van der Waals surface area (Å²) in [6.45, 7) is 12.0. The predicted octanol–water partition coefficient (Wildman–Crippen LogP) is 6.81. The van der Waals surface area contributed by atoms with E-state index in [2.05, 4.69) is 69.0 Å². The summed E-state index contributed by atoms with van der Waals surface area (Å²) in [5.41, 5.74) is 5.74. The van der Waals surface area contributed by atoms with Crippen LogP contribution in [-0.4, -0.2) is 42.0 Å². The minimum absolute atomic E-state index is 0.000729. The fraction of sp³-hybridized carbons (Fsp3) is 0.333. The van der Waals surface area contributed by atoms with E-state index in [0.717, 1.165) is 46.1 Å². The maximum Gasteiger partial charge on any atom is 0.229 e. The van der Waals surface area contributed by atoms with Crippen molar-refractivity contribution in [3.63, 3.8) is 0 Å². The maximum absolute atomic E-state index is 14.0. The number of carbonyl (C=O) groups excluding carboxylic acids is 1. The standard InChI is InChI=1S/C30H35N3OS/c1-5-32(6-2)19-20-33(30-31-29-23(4)22(3)17-18-27(29)35-30)28(34)21-26(24-13-9-7-10-14-24)25-15-11-8-12-16-25/h7-18,26H,5-6,19-21H2,1-4H3. The molecule has 0 atom stereocenters. The molecule has 0 aliphatic heterocycles. The number of carbonyl (C=O) groups is 1. The van der Waals surface area contributed by atoms with Crippen molar-refractivity contribution in [2.24, 2.45) is 0 Å². The molecular weight excluding hydrogens is 450 g/mol. The van der Waals surface area contributed by atoms with Gasteiger partial charge in [-0.2, -0.15) is 0 Å². The largest absolute Gasteiger partial charge is 0.302 e. The molecule has 0 fully saturated rings. The van der Waals surface area contributed by atoms with Gasteiger partial charge in [0, 0.05) is 25.4 Å². The predicted molar refractivity (Wildman–Crippen MR) is 149 cm³/mol. The number of hydrogen-bond acceptors (Lipinski definition) is 4. The number of likely N-dealkylation sites (N-methyl/N-ethyl adjacent to an activating group) is 1. The molecular formula is C30H35N3OS. The Morgan fingerprint density at radius 1 is 0.857 bits per heavy atom. The number of rotatable bonds is 10. The number of thiazole rings is 1. The van der Waals surface area contributed by atoms with Gasteiger partial charge < -0.3 is 4.90 Å². The molecule has 35 heavy (non-hydrogen) atoms. The molecule has 0 saturated heterocycles. The third-order valence-corrected chi connectivity index (χ3v) is 7.97. The van der Waals surface area contributed by atoms with Crippen molar-refractivity contribution in [3.8, 4) is 0 Å². The highest BCUT2D eigenvalue weighted by molar-refractivity contribution is 7.22. The first-order valence-electron chi connectivity index (χ1n) is 12.5. The zero-order chi connectivity index (χ0) is 24.8. The third-order valence-electron chi connectivity index (χ3n) is 6.92. The van der Waals surface area contributed by atoms with E-state index < -0.39 is 0 Å². The van der Waals surface area contributed by atoms with Gasteiger partial charge in [-0.25, -0.2) is 4.98 Å². The van der Waals surface area contributed by atoms with E-state index in [1.54, 1.807) is 11.3 Å². The molecule has 1 aromatic heterocycles. The van der Waals surface area contributed by atoms with Crippen LogP contribution in [0.3, 0.4) is 0 Å². The van der Waals surface area contributed by atoms with Crippen LogP contribution in [0, 0.1) is 13.8 Å². The van der Waals surface area contributed by atoms with Gasteiger partial charge in [-0.05, 0) is 55.3 Å². The molecule has 0 spiro atoms. The van der Waals surface area contributed by atoms with E-state index in [-0.39, 0.29) is 11.8 Å². The molecule has 0 bridgehead atoms. The van der Waals surface area contributed by atoms with E-state index in [1.165, 1.54) is 11.1 Å². The summed E-state index contributed by atoms with van der Waals surface area (Å²) in [6, 6.07) is 25.0. The van der Waals surface area contributed by atoms with Crippen LogP contribution in [0.15, 0.2) is 72.8 Å². The Labute approximate surface area is 213 Å². The lowest BCUT2D eigenvalue weighted by Gasteiger charge is -2.26. The van der Waals surface area contributed by atoms with Crippen molar-refractivity contribution >= 4 is 32.6 Å². The zero-order valence-corrected chi connectivity index (χ0v) is 22.0. The zero-order valence-electron chi connectivity index (χ0n) is 21.2. The fourth-order valence-corrected chi connectivity index (χ4v) is 5.59. The van der Waals surface area contributed by atoms with Crippen LogP contribution < -0.4 is 4.90 Å². The summed E-state index contributed by atoms with van der Waals surface area (Å²) in [6.07, 6.45) is 0.403. The number of aromatic nitrogens is 1.